The van der Waals surface area contributed by atoms with Gasteiger partial charge in [-0.2, -0.15) is 0 Å². The first-order valence-corrected chi connectivity index (χ1v) is 6.18. The Labute approximate surface area is 121 Å². The van der Waals surface area contributed by atoms with Gasteiger partial charge in [0, 0.05) is 17.3 Å². The maximum absolute atomic E-state index is 12.1. The van der Waals surface area contributed by atoms with Gasteiger partial charge in [0.2, 0.25) is 0 Å². The third-order valence-corrected chi connectivity index (χ3v) is 2.96. The van der Waals surface area contributed by atoms with Crippen molar-refractivity contribution >= 4 is 23.0 Å². The van der Waals surface area contributed by atoms with Crippen LogP contribution in [0.2, 0.25) is 0 Å². The second kappa shape index (κ2) is 5.58. The van der Waals surface area contributed by atoms with Gasteiger partial charge < -0.3 is 11.1 Å². The first-order valence-electron chi connectivity index (χ1n) is 6.18. The number of hydrogen-bond acceptors (Lipinski definition) is 5. The number of carbonyl (C=O) groups is 1. The normalized spacial score (nSPS) is 10.2. The monoisotopic (exact) mass is 286 g/mol. The molecule has 0 spiro atoms. The van der Waals surface area contributed by atoms with Crippen LogP contribution >= 0.6 is 0 Å². The number of anilines is 2. The number of aromatic nitrogens is 1. The molecule has 1 aromatic heterocycles. The number of amides is 1. The van der Waals surface area contributed by atoms with Gasteiger partial charge in [-0.25, -0.2) is 0 Å². The molecule has 7 heteroatoms. The van der Waals surface area contributed by atoms with Crippen LogP contribution in [-0.4, -0.2) is 15.8 Å². The van der Waals surface area contributed by atoms with E-state index in [1.54, 1.807) is 19.1 Å². The molecule has 108 valence electrons. The fourth-order valence-corrected chi connectivity index (χ4v) is 1.86. The number of nitro benzene ring substituents is 1. The molecule has 0 bridgehead atoms. The predicted molar refractivity (Wildman–Crippen MR) is 79.2 cm³/mol. The summed E-state index contributed by atoms with van der Waals surface area (Å²) in [6.45, 7) is 3.62. The Kier molecular flexibility index (Phi) is 3.84. The predicted octanol–water partition coefficient (Wildman–Crippen LogP) is 2.44. The van der Waals surface area contributed by atoms with Crippen molar-refractivity contribution in [1.82, 2.24) is 4.98 Å². The second-order valence-electron chi connectivity index (χ2n) is 4.57. The van der Waals surface area contributed by atoms with Crippen LogP contribution < -0.4 is 11.1 Å². The van der Waals surface area contributed by atoms with Crippen LogP contribution in [0.25, 0.3) is 0 Å². The van der Waals surface area contributed by atoms with E-state index in [4.69, 9.17) is 5.73 Å². The molecular weight excluding hydrogens is 272 g/mol. The SMILES string of the molecule is Cc1ccc(NC(=O)c2ccc(N)c([N+](=O)[O-])c2)c(C)n1. The number of nitrogens with two attached hydrogens (primary N) is 1. The Morgan fingerprint density at radius 2 is 2.00 bits per heavy atom. The fraction of sp³-hybridized carbons (Fsp3) is 0.143. The summed E-state index contributed by atoms with van der Waals surface area (Å²) in [7, 11) is 0. The number of hydrogen-bond donors (Lipinski definition) is 2. The van der Waals surface area contributed by atoms with Gasteiger partial charge in [-0.15, -0.1) is 0 Å². The molecule has 1 amide bonds. The molecule has 1 heterocycles. The molecule has 0 radical (unpaired) electrons. The lowest BCUT2D eigenvalue weighted by Crippen LogP contribution is -2.14. The van der Waals surface area contributed by atoms with Crippen molar-refractivity contribution in [3.63, 3.8) is 0 Å². The molecule has 1 aromatic carbocycles. The fourth-order valence-electron chi connectivity index (χ4n) is 1.86. The first kappa shape index (κ1) is 14.4. The van der Waals surface area contributed by atoms with Crippen molar-refractivity contribution < 1.29 is 9.72 Å². The lowest BCUT2D eigenvalue weighted by molar-refractivity contribution is -0.383. The van der Waals surface area contributed by atoms with Crippen LogP contribution in [0.1, 0.15) is 21.7 Å². The highest BCUT2D eigenvalue weighted by molar-refractivity contribution is 6.05. The van der Waals surface area contributed by atoms with E-state index in [2.05, 4.69) is 10.3 Å². The number of carbonyl (C=O) groups excluding carboxylic acids is 1. The van der Waals surface area contributed by atoms with Crippen LogP contribution in [0.4, 0.5) is 17.1 Å². The van der Waals surface area contributed by atoms with Crippen LogP contribution in [0.5, 0.6) is 0 Å². The van der Waals surface area contributed by atoms with Gasteiger partial charge in [0.15, 0.2) is 0 Å². The van der Waals surface area contributed by atoms with E-state index in [0.29, 0.717) is 11.4 Å². The Hall–Kier alpha value is -2.96. The summed E-state index contributed by atoms with van der Waals surface area (Å²) >= 11 is 0. The molecule has 3 N–H and O–H groups in total. The summed E-state index contributed by atoms with van der Waals surface area (Å²) < 4.78 is 0. The van der Waals surface area contributed by atoms with Crippen molar-refractivity contribution in [2.45, 2.75) is 13.8 Å². The van der Waals surface area contributed by atoms with Crippen LogP contribution in [0.15, 0.2) is 30.3 Å². The zero-order chi connectivity index (χ0) is 15.6. The van der Waals surface area contributed by atoms with E-state index < -0.39 is 10.8 Å². The Morgan fingerprint density at radius 1 is 1.29 bits per heavy atom. The number of aryl methyl sites for hydroxylation is 2. The number of nitrogen functional groups attached to an aromatic ring is 1. The zero-order valence-corrected chi connectivity index (χ0v) is 11.6. The minimum Gasteiger partial charge on any atom is -0.393 e. The molecule has 7 nitrogen and oxygen atoms in total. The average Bonchev–Trinajstić information content (AvgIpc) is 2.42. The summed E-state index contributed by atoms with van der Waals surface area (Å²) in [5.74, 6) is -0.452. The van der Waals surface area contributed by atoms with Gasteiger partial charge in [-0.3, -0.25) is 19.9 Å². The number of pyridine rings is 1. The second-order valence-corrected chi connectivity index (χ2v) is 4.57. The molecule has 0 aliphatic rings. The third-order valence-electron chi connectivity index (χ3n) is 2.96. The lowest BCUT2D eigenvalue weighted by atomic mass is 10.1. The Morgan fingerprint density at radius 3 is 2.62 bits per heavy atom. The summed E-state index contributed by atoms with van der Waals surface area (Å²) in [6, 6.07) is 7.44. The average molecular weight is 286 g/mol. The van der Waals surface area contributed by atoms with E-state index in [0.717, 1.165) is 11.8 Å². The highest BCUT2D eigenvalue weighted by Gasteiger charge is 2.16. The van der Waals surface area contributed by atoms with E-state index >= 15 is 0 Å². The topological polar surface area (TPSA) is 111 Å². The lowest BCUT2D eigenvalue weighted by Gasteiger charge is -2.08. The molecule has 0 saturated heterocycles. The number of rotatable bonds is 3. The maximum atomic E-state index is 12.1. The van der Waals surface area contributed by atoms with Gasteiger partial charge in [-0.05, 0) is 38.1 Å². The van der Waals surface area contributed by atoms with Crippen molar-refractivity contribution in [1.29, 1.82) is 0 Å². The minimum absolute atomic E-state index is 0.0183. The molecule has 2 aromatic rings. The molecule has 0 saturated carbocycles. The van der Waals surface area contributed by atoms with Gasteiger partial charge in [-0.1, -0.05) is 0 Å². The van der Waals surface area contributed by atoms with E-state index in [-0.39, 0.29) is 16.9 Å². The zero-order valence-electron chi connectivity index (χ0n) is 11.6. The smallest absolute Gasteiger partial charge is 0.292 e. The number of nitrogens with one attached hydrogen (secondary N) is 1. The van der Waals surface area contributed by atoms with Crippen molar-refractivity contribution in [2.24, 2.45) is 0 Å². The molecule has 0 aliphatic heterocycles. The molecule has 21 heavy (non-hydrogen) atoms. The summed E-state index contributed by atoms with van der Waals surface area (Å²) in [4.78, 5) is 26.6. The van der Waals surface area contributed by atoms with E-state index in [1.165, 1.54) is 12.1 Å². The van der Waals surface area contributed by atoms with Crippen LogP contribution in [0, 0.1) is 24.0 Å². The highest BCUT2D eigenvalue weighted by Crippen LogP contribution is 2.23. The van der Waals surface area contributed by atoms with Gasteiger partial charge in [0.1, 0.15) is 5.69 Å². The molecule has 0 unspecified atom stereocenters. The maximum Gasteiger partial charge on any atom is 0.292 e. The van der Waals surface area contributed by atoms with Crippen molar-refractivity contribution in [2.75, 3.05) is 11.1 Å². The molecule has 0 atom stereocenters. The first-order chi connectivity index (χ1) is 9.88. The Balaban J connectivity index is 2.28. The van der Waals surface area contributed by atoms with E-state index in [9.17, 15) is 14.9 Å². The number of nitrogens with zero attached hydrogens (tertiary/aromatic N) is 2. The molecular formula is C14H14N4O3. The van der Waals surface area contributed by atoms with Gasteiger partial charge in [0.05, 0.1) is 16.3 Å². The van der Waals surface area contributed by atoms with Gasteiger partial charge in [0.25, 0.3) is 11.6 Å². The number of nitro groups is 1. The summed E-state index contributed by atoms with van der Waals surface area (Å²) in [5, 5.41) is 13.5. The minimum atomic E-state index is -0.620. The Bertz CT molecular complexity index is 728. The molecule has 2 rings (SSSR count). The van der Waals surface area contributed by atoms with E-state index in [1.807, 2.05) is 6.92 Å². The standard InChI is InChI=1S/C14H14N4O3/c1-8-3-6-12(9(2)16-8)17-14(19)10-4-5-11(15)13(7-10)18(20)21/h3-7H,15H2,1-2H3,(H,17,19). The van der Waals surface area contributed by atoms with Crippen LogP contribution in [0.3, 0.4) is 0 Å². The van der Waals surface area contributed by atoms with Gasteiger partial charge >= 0.3 is 0 Å². The largest absolute Gasteiger partial charge is 0.393 e. The number of benzene rings is 1. The quantitative estimate of drug-likeness (QED) is 0.511. The van der Waals surface area contributed by atoms with Crippen LogP contribution in [-0.2, 0) is 0 Å². The van der Waals surface area contributed by atoms with Crippen molar-refractivity contribution in [3.8, 4) is 0 Å². The van der Waals surface area contributed by atoms with Crippen molar-refractivity contribution in [3.05, 3.63) is 57.4 Å². The molecule has 0 aliphatic carbocycles. The third kappa shape index (κ3) is 3.14. The summed E-state index contributed by atoms with van der Waals surface area (Å²) in [5.41, 5.74) is 7.47. The molecule has 0 fully saturated rings. The highest BCUT2D eigenvalue weighted by atomic mass is 16.6. The summed E-state index contributed by atoms with van der Waals surface area (Å²) in [6.07, 6.45) is 0.